The second kappa shape index (κ2) is 6.34. The molecule has 1 aliphatic rings. The van der Waals surface area contributed by atoms with Gasteiger partial charge in [-0.2, -0.15) is 13.2 Å². The number of hydrogen-bond donors (Lipinski definition) is 1. The number of para-hydroxylation sites is 1. The number of carbonyl (C=O) groups is 1. The van der Waals surface area contributed by atoms with Gasteiger partial charge in [0, 0.05) is 19.6 Å². The zero-order valence-corrected chi connectivity index (χ0v) is 11.6. The Morgan fingerprint density at radius 3 is 2.76 bits per heavy atom. The van der Waals surface area contributed by atoms with Gasteiger partial charge in [-0.3, -0.25) is 4.79 Å². The summed E-state index contributed by atoms with van der Waals surface area (Å²) in [6.45, 7) is 0.105. The minimum atomic E-state index is -4.43. The summed E-state index contributed by atoms with van der Waals surface area (Å²) in [6, 6.07) is 6.05. The molecule has 1 amide bonds. The molecule has 1 unspecified atom stereocenters. The van der Waals surface area contributed by atoms with Crippen LogP contribution in [0.4, 0.5) is 13.2 Å². The Kier molecular flexibility index (Phi) is 4.72. The van der Waals surface area contributed by atoms with E-state index in [1.54, 1.807) is 24.1 Å². The van der Waals surface area contributed by atoms with Crippen molar-refractivity contribution < 1.29 is 22.7 Å². The highest BCUT2D eigenvalue weighted by Gasteiger charge is 2.30. The van der Waals surface area contributed by atoms with Crippen molar-refractivity contribution in [2.45, 2.75) is 18.6 Å². The monoisotopic (exact) mass is 302 g/mol. The number of benzene rings is 1. The zero-order chi connectivity index (χ0) is 15.5. The second-order valence-corrected chi connectivity index (χ2v) is 4.96. The molecule has 1 saturated heterocycles. The Hall–Kier alpha value is -1.76. The maximum Gasteiger partial charge on any atom is 0.422 e. The van der Waals surface area contributed by atoms with Crippen molar-refractivity contribution in [3.8, 4) is 5.75 Å². The lowest BCUT2D eigenvalue weighted by Gasteiger charge is -2.24. The Morgan fingerprint density at radius 2 is 2.14 bits per heavy atom. The number of halogens is 3. The SMILES string of the molecule is CN(C(=O)c1ccccc1OCC(F)(F)F)C1CCNC1. The van der Waals surface area contributed by atoms with Crippen LogP contribution in [-0.4, -0.2) is 49.8 Å². The van der Waals surface area contributed by atoms with Crippen LogP contribution in [0.3, 0.4) is 0 Å². The summed E-state index contributed by atoms with van der Waals surface area (Å²) in [5, 5.41) is 3.15. The Labute approximate surface area is 120 Å². The highest BCUT2D eigenvalue weighted by atomic mass is 19.4. The fourth-order valence-electron chi connectivity index (χ4n) is 2.25. The fourth-order valence-corrected chi connectivity index (χ4v) is 2.25. The molecule has 1 aliphatic heterocycles. The molecule has 4 nitrogen and oxygen atoms in total. The van der Waals surface area contributed by atoms with E-state index in [4.69, 9.17) is 4.74 Å². The molecule has 1 heterocycles. The van der Waals surface area contributed by atoms with Gasteiger partial charge in [-0.1, -0.05) is 12.1 Å². The Bertz CT molecular complexity index is 499. The average Bonchev–Trinajstić information content (AvgIpc) is 2.97. The molecule has 0 radical (unpaired) electrons. The molecule has 21 heavy (non-hydrogen) atoms. The molecule has 0 saturated carbocycles. The van der Waals surface area contributed by atoms with E-state index in [1.165, 1.54) is 12.1 Å². The first-order valence-corrected chi connectivity index (χ1v) is 6.65. The molecule has 1 atom stereocenters. The summed E-state index contributed by atoms with van der Waals surface area (Å²) in [6.07, 6.45) is -3.61. The molecule has 1 aromatic rings. The third-order valence-electron chi connectivity index (χ3n) is 3.41. The zero-order valence-electron chi connectivity index (χ0n) is 11.6. The lowest BCUT2D eigenvalue weighted by molar-refractivity contribution is -0.153. The van der Waals surface area contributed by atoms with Crippen LogP contribution >= 0.6 is 0 Å². The van der Waals surface area contributed by atoms with E-state index in [0.29, 0.717) is 6.54 Å². The van der Waals surface area contributed by atoms with Gasteiger partial charge in [0.15, 0.2) is 6.61 Å². The van der Waals surface area contributed by atoms with Gasteiger partial charge in [-0.15, -0.1) is 0 Å². The molecule has 1 aromatic carbocycles. The van der Waals surface area contributed by atoms with Crippen molar-refractivity contribution in [3.63, 3.8) is 0 Å². The van der Waals surface area contributed by atoms with Crippen molar-refractivity contribution in [1.29, 1.82) is 0 Å². The van der Waals surface area contributed by atoms with Crippen molar-refractivity contribution in [2.75, 3.05) is 26.7 Å². The predicted octanol–water partition coefficient (Wildman–Crippen LogP) is 2.06. The first-order valence-electron chi connectivity index (χ1n) is 6.65. The van der Waals surface area contributed by atoms with Crippen LogP contribution in [0.25, 0.3) is 0 Å². The van der Waals surface area contributed by atoms with E-state index in [1.807, 2.05) is 0 Å². The van der Waals surface area contributed by atoms with Gasteiger partial charge in [0.05, 0.1) is 5.56 Å². The smallest absolute Gasteiger partial charge is 0.422 e. The molecule has 0 aromatic heterocycles. The molecule has 0 bridgehead atoms. The van der Waals surface area contributed by atoms with Crippen molar-refractivity contribution in [1.82, 2.24) is 10.2 Å². The first-order chi connectivity index (χ1) is 9.88. The number of amides is 1. The van der Waals surface area contributed by atoms with E-state index < -0.39 is 12.8 Å². The summed E-state index contributed by atoms with van der Waals surface area (Å²) >= 11 is 0. The molecular formula is C14H17F3N2O2. The van der Waals surface area contributed by atoms with Crippen LogP contribution in [0.1, 0.15) is 16.8 Å². The van der Waals surface area contributed by atoms with E-state index >= 15 is 0 Å². The summed E-state index contributed by atoms with van der Waals surface area (Å²) < 4.78 is 41.5. The van der Waals surface area contributed by atoms with Gasteiger partial charge in [-0.05, 0) is 25.1 Å². The highest BCUT2D eigenvalue weighted by Crippen LogP contribution is 2.24. The number of hydrogen-bond acceptors (Lipinski definition) is 3. The van der Waals surface area contributed by atoms with Crippen LogP contribution in [0.2, 0.25) is 0 Å². The Morgan fingerprint density at radius 1 is 1.43 bits per heavy atom. The van der Waals surface area contributed by atoms with Crippen LogP contribution in [-0.2, 0) is 0 Å². The highest BCUT2D eigenvalue weighted by molar-refractivity contribution is 5.97. The van der Waals surface area contributed by atoms with Crippen LogP contribution in [0.15, 0.2) is 24.3 Å². The number of rotatable bonds is 4. The number of nitrogens with zero attached hydrogens (tertiary/aromatic N) is 1. The molecule has 2 rings (SSSR count). The van der Waals surface area contributed by atoms with E-state index in [2.05, 4.69) is 5.32 Å². The minimum absolute atomic E-state index is 0.0439. The summed E-state index contributed by atoms with van der Waals surface area (Å²) in [5.74, 6) is -0.376. The largest absolute Gasteiger partial charge is 0.483 e. The fraction of sp³-hybridized carbons (Fsp3) is 0.500. The number of likely N-dealkylation sites (N-methyl/N-ethyl adjacent to an activating group) is 1. The number of carbonyl (C=O) groups excluding carboxylic acids is 1. The van der Waals surface area contributed by atoms with Gasteiger partial charge in [0.2, 0.25) is 0 Å². The van der Waals surface area contributed by atoms with Gasteiger partial charge >= 0.3 is 6.18 Å². The second-order valence-electron chi connectivity index (χ2n) is 4.96. The molecule has 116 valence electrons. The lowest BCUT2D eigenvalue weighted by Crippen LogP contribution is -2.38. The average molecular weight is 302 g/mol. The maximum atomic E-state index is 12.4. The molecule has 0 spiro atoms. The van der Waals surface area contributed by atoms with Gasteiger partial charge < -0.3 is 15.0 Å². The van der Waals surface area contributed by atoms with E-state index in [9.17, 15) is 18.0 Å². The number of nitrogens with one attached hydrogen (secondary N) is 1. The van der Waals surface area contributed by atoms with Crippen LogP contribution in [0, 0.1) is 0 Å². The van der Waals surface area contributed by atoms with Gasteiger partial charge in [0.1, 0.15) is 5.75 Å². The predicted molar refractivity (Wildman–Crippen MR) is 71.4 cm³/mol. The lowest BCUT2D eigenvalue weighted by atomic mass is 10.1. The van der Waals surface area contributed by atoms with Crippen LogP contribution < -0.4 is 10.1 Å². The normalized spacial score (nSPS) is 18.6. The maximum absolute atomic E-state index is 12.4. The number of ether oxygens (including phenoxy) is 1. The summed E-state index contributed by atoms with van der Waals surface area (Å²) in [5.41, 5.74) is 0.149. The third-order valence-corrected chi connectivity index (χ3v) is 3.41. The summed E-state index contributed by atoms with van der Waals surface area (Å²) in [4.78, 5) is 14.0. The molecule has 1 fully saturated rings. The van der Waals surface area contributed by atoms with E-state index in [0.717, 1.165) is 13.0 Å². The molecule has 7 heteroatoms. The standard InChI is InChI=1S/C14H17F3N2O2/c1-19(10-6-7-18-8-10)13(20)11-4-2-3-5-12(11)21-9-14(15,16)17/h2-5,10,18H,6-9H2,1H3. The minimum Gasteiger partial charge on any atom is -0.483 e. The summed E-state index contributed by atoms with van der Waals surface area (Å²) in [7, 11) is 1.65. The molecule has 0 aliphatic carbocycles. The first kappa shape index (κ1) is 15.6. The third kappa shape index (κ3) is 4.10. The topological polar surface area (TPSA) is 41.6 Å². The van der Waals surface area contributed by atoms with Gasteiger partial charge in [0.25, 0.3) is 5.91 Å². The quantitative estimate of drug-likeness (QED) is 0.925. The van der Waals surface area contributed by atoms with Crippen molar-refractivity contribution >= 4 is 5.91 Å². The Balaban J connectivity index is 2.12. The number of alkyl halides is 3. The molecular weight excluding hydrogens is 285 g/mol. The molecule has 1 N–H and O–H groups in total. The van der Waals surface area contributed by atoms with Gasteiger partial charge in [-0.25, -0.2) is 0 Å². The van der Waals surface area contributed by atoms with Crippen molar-refractivity contribution in [3.05, 3.63) is 29.8 Å². The van der Waals surface area contributed by atoms with Crippen molar-refractivity contribution in [2.24, 2.45) is 0 Å². The van der Waals surface area contributed by atoms with Crippen LogP contribution in [0.5, 0.6) is 5.75 Å². The van der Waals surface area contributed by atoms with E-state index in [-0.39, 0.29) is 23.3 Å².